The summed E-state index contributed by atoms with van der Waals surface area (Å²) in [5, 5.41) is 1.80. The van der Waals surface area contributed by atoms with Gasteiger partial charge in [0.25, 0.3) is 0 Å². The Morgan fingerprint density at radius 2 is 1.87 bits per heavy atom. The van der Waals surface area contributed by atoms with Crippen molar-refractivity contribution in [2.45, 2.75) is 19.8 Å². The van der Waals surface area contributed by atoms with Crippen LogP contribution in [-0.4, -0.2) is 55.1 Å². The third-order valence-electron chi connectivity index (χ3n) is 6.43. The van der Waals surface area contributed by atoms with E-state index >= 15 is 0 Å². The molecular formula is C24H27ClN4OS. The quantitative estimate of drug-likeness (QED) is 0.568. The van der Waals surface area contributed by atoms with Crippen LogP contribution in [0.1, 0.15) is 18.4 Å². The molecule has 5 nitrogen and oxygen atoms in total. The topological polar surface area (TPSA) is 39.7 Å². The lowest BCUT2D eigenvalue weighted by atomic mass is 9.96. The molecule has 0 aliphatic carbocycles. The number of carbonyl (C=O) groups is 1. The second kappa shape index (κ2) is 8.67. The Kier molecular flexibility index (Phi) is 5.76. The van der Waals surface area contributed by atoms with Crippen LogP contribution < -0.4 is 9.80 Å². The van der Waals surface area contributed by atoms with E-state index in [1.54, 1.807) is 11.3 Å². The van der Waals surface area contributed by atoms with Crippen LogP contribution in [0.2, 0.25) is 5.02 Å². The Hall–Kier alpha value is -2.31. The van der Waals surface area contributed by atoms with E-state index in [-0.39, 0.29) is 5.92 Å². The SMILES string of the molecule is Cc1ccc(Cl)cc1N1CCN(C(=O)C2CCCN(c3nc4ccccc4s3)C2)CC1. The highest BCUT2D eigenvalue weighted by atomic mass is 35.5. The van der Waals surface area contributed by atoms with E-state index in [9.17, 15) is 4.79 Å². The third kappa shape index (κ3) is 4.23. The average molecular weight is 455 g/mol. The van der Waals surface area contributed by atoms with Crippen LogP contribution in [0.5, 0.6) is 0 Å². The highest BCUT2D eigenvalue weighted by Crippen LogP contribution is 2.32. The van der Waals surface area contributed by atoms with Crippen LogP contribution in [0, 0.1) is 12.8 Å². The molecule has 1 amide bonds. The number of carbonyl (C=O) groups excluding carboxylic acids is 1. The molecular weight excluding hydrogens is 428 g/mol. The zero-order chi connectivity index (χ0) is 21.4. The van der Waals surface area contributed by atoms with Crippen LogP contribution in [0.15, 0.2) is 42.5 Å². The van der Waals surface area contributed by atoms with E-state index in [1.807, 2.05) is 18.2 Å². The summed E-state index contributed by atoms with van der Waals surface area (Å²) < 4.78 is 1.21. The molecule has 0 saturated carbocycles. The molecule has 0 bridgehead atoms. The Morgan fingerprint density at radius 3 is 2.68 bits per heavy atom. The molecule has 2 aliphatic rings. The maximum absolute atomic E-state index is 13.3. The summed E-state index contributed by atoms with van der Waals surface area (Å²) >= 11 is 7.93. The Bertz CT molecular complexity index is 1060. The molecule has 2 aromatic carbocycles. The number of hydrogen-bond donors (Lipinski definition) is 0. The smallest absolute Gasteiger partial charge is 0.227 e. The van der Waals surface area contributed by atoms with Crippen molar-refractivity contribution in [1.82, 2.24) is 9.88 Å². The fraction of sp³-hybridized carbons (Fsp3) is 0.417. The molecule has 2 aliphatic heterocycles. The minimum absolute atomic E-state index is 0.0558. The zero-order valence-corrected chi connectivity index (χ0v) is 19.3. The summed E-state index contributed by atoms with van der Waals surface area (Å²) in [5.41, 5.74) is 3.45. The van der Waals surface area contributed by atoms with Gasteiger partial charge in [-0.15, -0.1) is 0 Å². The first kappa shape index (κ1) is 20.6. The largest absolute Gasteiger partial charge is 0.368 e. The maximum atomic E-state index is 13.3. The molecule has 0 spiro atoms. The number of thiazole rings is 1. The van der Waals surface area contributed by atoms with Gasteiger partial charge >= 0.3 is 0 Å². The number of aromatic nitrogens is 1. The number of rotatable bonds is 3. The molecule has 2 saturated heterocycles. The molecule has 2 fully saturated rings. The van der Waals surface area contributed by atoms with Gasteiger partial charge in [-0.3, -0.25) is 4.79 Å². The van der Waals surface area contributed by atoms with Crippen molar-refractivity contribution in [2.75, 3.05) is 49.1 Å². The van der Waals surface area contributed by atoms with Crippen molar-refractivity contribution in [3.05, 3.63) is 53.1 Å². The minimum Gasteiger partial charge on any atom is -0.368 e. The summed E-state index contributed by atoms with van der Waals surface area (Å²) in [4.78, 5) is 24.8. The number of anilines is 2. The number of para-hydroxylation sites is 1. The lowest BCUT2D eigenvalue weighted by Crippen LogP contribution is -2.52. The highest BCUT2D eigenvalue weighted by Gasteiger charge is 2.32. The molecule has 7 heteroatoms. The number of benzene rings is 2. The number of amides is 1. The molecule has 1 aromatic heterocycles. The van der Waals surface area contributed by atoms with Gasteiger partial charge in [0.15, 0.2) is 5.13 Å². The Morgan fingerprint density at radius 1 is 1.06 bits per heavy atom. The maximum Gasteiger partial charge on any atom is 0.227 e. The van der Waals surface area contributed by atoms with Crippen LogP contribution in [-0.2, 0) is 4.79 Å². The fourth-order valence-corrected chi connectivity index (χ4v) is 5.86. The Labute approximate surface area is 192 Å². The number of fused-ring (bicyclic) bond motifs is 1. The first-order valence-corrected chi connectivity index (χ1v) is 12.2. The van der Waals surface area contributed by atoms with Gasteiger partial charge in [-0.2, -0.15) is 0 Å². The van der Waals surface area contributed by atoms with Crippen LogP contribution in [0.4, 0.5) is 10.8 Å². The summed E-state index contributed by atoms with van der Waals surface area (Å²) in [6.07, 6.45) is 2.00. The van der Waals surface area contributed by atoms with Crippen molar-refractivity contribution in [3.8, 4) is 0 Å². The van der Waals surface area contributed by atoms with Gasteiger partial charge in [-0.05, 0) is 49.6 Å². The van der Waals surface area contributed by atoms with E-state index in [2.05, 4.69) is 45.9 Å². The van der Waals surface area contributed by atoms with Crippen LogP contribution in [0.25, 0.3) is 10.2 Å². The van der Waals surface area contributed by atoms with Gasteiger partial charge in [-0.1, -0.05) is 41.1 Å². The summed E-state index contributed by atoms with van der Waals surface area (Å²) in [5.74, 6) is 0.355. The van der Waals surface area contributed by atoms with Gasteiger partial charge in [0.2, 0.25) is 5.91 Å². The van der Waals surface area contributed by atoms with Crippen molar-refractivity contribution in [3.63, 3.8) is 0 Å². The van der Waals surface area contributed by atoms with Gasteiger partial charge in [-0.25, -0.2) is 4.98 Å². The van der Waals surface area contributed by atoms with Crippen molar-refractivity contribution in [2.24, 2.45) is 5.92 Å². The molecule has 162 valence electrons. The number of aryl methyl sites for hydroxylation is 1. The van der Waals surface area contributed by atoms with E-state index in [0.717, 1.165) is 67.8 Å². The minimum atomic E-state index is 0.0558. The normalized spacial score (nSPS) is 19.8. The summed E-state index contributed by atoms with van der Waals surface area (Å²) in [6.45, 7) is 7.09. The molecule has 0 N–H and O–H groups in total. The first-order valence-electron chi connectivity index (χ1n) is 11.0. The van der Waals surface area contributed by atoms with Crippen molar-refractivity contribution >= 4 is 49.9 Å². The summed E-state index contributed by atoms with van der Waals surface area (Å²) in [7, 11) is 0. The predicted molar refractivity (Wildman–Crippen MR) is 130 cm³/mol. The Balaban J connectivity index is 1.23. The molecule has 0 radical (unpaired) electrons. The highest BCUT2D eigenvalue weighted by molar-refractivity contribution is 7.22. The van der Waals surface area contributed by atoms with Gasteiger partial charge in [0.1, 0.15) is 0 Å². The van der Waals surface area contributed by atoms with Gasteiger partial charge in [0, 0.05) is 50.0 Å². The van der Waals surface area contributed by atoms with Crippen molar-refractivity contribution in [1.29, 1.82) is 0 Å². The van der Waals surface area contributed by atoms with Crippen LogP contribution >= 0.6 is 22.9 Å². The van der Waals surface area contributed by atoms with E-state index in [1.165, 1.54) is 16.0 Å². The first-order chi connectivity index (χ1) is 15.1. The molecule has 1 atom stereocenters. The van der Waals surface area contributed by atoms with Crippen molar-refractivity contribution < 1.29 is 4.79 Å². The standard InChI is InChI=1S/C24H27ClN4OS/c1-17-8-9-19(25)15-21(17)27-11-13-28(14-12-27)23(30)18-5-4-10-29(16-18)24-26-20-6-2-3-7-22(20)31-24/h2-3,6-9,15,18H,4-5,10-14,16H2,1H3. The van der Waals surface area contributed by atoms with Gasteiger partial charge in [0.05, 0.1) is 16.1 Å². The number of piperazine rings is 1. The molecule has 1 unspecified atom stereocenters. The number of piperidine rings is 1. The number of hydrogen-bond acceptors (Lipinski definition) is 5. The molecule has 31 heavy (non-hydrogen) atoms. The van der Waals surface area contributed by atoms with E-state index < -0.39 is 0 Å². The van der Waals surface area contributed by atoms with E-state index in [0.29, 0.717) is 5.91 Å². The average Bonchev–Trinajstić information content (AvgIpc) is 3.25. The zero-order valence-electron chi connectivity index (χ0n) is 17.8. The molecule has 3 aromatic rings. The van der Waals surface area contributed by atoms with E-state index in [4.69, 9.17) is 16.6 Å². The predicted octanol–water partition coefficient (Wildman–Crippen LogP) is 4.82. The molecule has 3 heterocycles. The number of nitrogens with zero attached hydrogens (tertiary/aromatic N) is 4. The lowest BCUT2D eigenvalue weighted by molar-refractivity contribution is -0.136. The third-order valence-corrected chi connectivity index (χ3v) is 7.76. The second-order valence-corrected chi connectivity index (χ2v) is 9.94. The fourth-order valence-electron chi connectivity index (χ4n) is 4.70. The molecule has 5 rings (SSSR count). The lowest BCUT2D eigenvalue weighted by Gasteiger charge is -2.40. The second-order valence-electron chi connectivity index (χ2n) is 8.49. The monoisotopic (exact) mass is 454 g/mol. The van der Waals surface area contributed by atoms with Gasteiger partial charge < -0.3 is 14.7 Å². The van der Waals surface area contributed by atoms with Crippen LogP contribution in [0.3, 0.4) is 0 Å². The summed E-state index contributed by atoms with van der Waals surface area (Å²) in [6, 6.07) is 14.3. The number of halogens is 1.